The first kappa shape index (κ1) is 15.2. The van der Waals surface area contributed by atoms with E-state index in [9.17, 15) is 4.79 Å². The van der Waals surface area contributed by atoms with Gasteiger partial charge in [-0.2, -0.15) is 0 Å². The zero-order valence-electron chi connectivity index (χ0n) is 14.1. The molecule has 0 aromatic heterocycles. The fourth-order valence-electron chi connectivity index (χ4n) is 5.68. The summed E-state index contributed by atoms with van der Waals surface area (Å²) in [6.45, 7) is 3.93. The number of anilines is 1. The van der Waals surface area contributed by atoms with Crippen LogP contribution in [0, 0.1) is 23.2 Å². The van der Waals surface area contributed by atoms with Crippen LogP contribution in [-0.2, 0) is 11.3 Å². The molecule has 0 aliphatic heterocycles. The monoisotopic (exact) mass is 312 g/mol. The molecule has 4 fully saturated rings. The van der Waals surface area contributed by atoms with Crippen molar-refractivity contribution in [3.63, 3.8) is 0 Å². The number of nitrogens with one attached hydrogen (secondary N) is 2. The van der Waals surface area contributed by atoms with Crippen LogP contribution < -0.4 is 10.6 Å². The third-order valence-electron chi connectivity index (χ3n) is 6.28. The van der Waals surface area contributed by atoms with E-state index in [0.717, 1.165) is 55.8 Å². The van der Waals surface area contributed by atoms with E-state index < -0.39 is 0 Å². The first-order valence-electron chi connectivity index (χ1n) is 9.28. The molecule has 3 nitrogen and oxygen atoms in total. The zero-order chi connectivity index (χ0) is 15.9. The molecule has 0 heterocycles. The Morgan fingerprint density at radius 1 is 1.13 bits per heavy atom. The van der Waals surface area contributed by atoms with Gasteiger partial charge in [0.1, 0.15) is 0 Å². The van der Waals surface area contributed by atoms with Gasteiger partial charge in [-0.25, -0.2) is 0 Å². The molecule has 4 aliphatic rings. The maximum Gasteiger partial charge on any atom is 0.230 e. The molecule has 0 unspecified atom stereocenters. The van der Waals surface area contributed by atoms with Crippen LogP contribution in [0.1, 0.15) is 51.0 Å². The molecule has 5 rings (SSSR count). The van der Waals surface area contributed by atoms with E-state index in [1.165, 1.54) is 24.8 Å². The summed E-state index contributed by atoms with van der Waals surface area (Å²) in [4.78, 5) is 13.1. The molecular formula is C20H28N2O. The van der Waals surface area contributed by atoms with E-state index in [1.807, 2.05) is 12.1 Å². The fourth-order valence-corrected chi connectivity index (χ4v) is 5.68. The van der Waals surface area contributed by atoms with Gasteiger partial charge in [0.15, 0.2) is 0 Å². The van der Waals surface area contributed by atoms with Crippen molar-refractivity contribution in [2.24, 2.45) is 23.2 Å². The number of benzene rings is 1. The summed E-state index contributed by atoms with van der Waals surface area (Å²) in [5.41, 5.74) is 2.13. The Bertz CT molecular complexity index is 560. The van der Waals surface area contributed by atoms with Gasteiger partial charge in [-0.15, -0.1) is 0 Å². The molecule has 3 heteroatoms. The number of amides is 1. The summed E-state index contributed by atoms with van der Waals surface area (Å²) in [5, 5.41) is 6.59. The summed E-state index contributed by atoms with van der Waals surface area (Å²) in [7, 11) is 0. The molecule has 1 aromatic carbocycles. The van der Waals surface area contributed by atoms with Crippen LogP contribution in [-0.4, -0.2) is 12.5 Å². The molecule has 1 amide bonds. The summed E-state index contributed by atoms with van der Waals surface area (Å²) in [6, 6.07) is 8.29. The molecular weight excluding hydrogens is 284 g/mol. The molecule has 4 bridgehead atoms. The lowest BCUT2D eigenvalue weighted by atomic mass is 9.49. The third-order valence-corrected chi connectivity index (χ3v) is 6.28. The van der Waals surface area contributed by atoms with Gasteiger partial charge in [-0.1, -0.05) is 19.1 Å². The Morgan fingerprint density at radius 3 is 2.39 bits per heavy atom. The zero-order valence-corrected chi connectivity index (χ0v) is 14.1. The minimum Gasteiger partial charge on any atom is -0.326 e. The quantitative estimate of drug-likeness (QED) is 0.864. The topological polar surface area (TPSA) is 41.1 Å². The highest BCUT2D eigenvalue weighted by molar-refractivity contribution is 5.95. The molecule has 1 aromatic rings. The van der Waals surface area contributed by atoms with Crippen molar-refractivity contribution < 1.29 is 4.79 Å². The van der Waals surface area contributed by atoms with Gasteiger partial charge in [0, 0.05) is 12.2 Å². The van der Waals surface area contributed by atoms with Gasteiger partial charge < -0.3 is 10.6 Å². The van der Waals surface area contributed by atoms with E-state index in [2.05, 4.69) is 29.7 Å². The van der Waals surface area contributed by atoms with Crippen LogP contribution in [0.2, 0.25) is 0 Å². The lowest BCUT2D eigenvalue weighted by Crippen LogP contribution is -2.51. The van der Waals surface area contributed by atoms with Crippen LogP contribution in [0.4, 0.5) is 5.69 Å². The number of carbonyl (C=O) groups excluding carboxylic acids is 1. The largest absolute Gasteiger partial charge is 0.326 e. The molecule has 0 atom stereocenters. The standard InChI is InChI=1S/C20H28N2O/c1-2-21-13-14-4-3-5-18(9-14)22-19(23)20-10-15-6-16(11-20)8-17(7-15)12-20/h3-5,9,15-17,21H,2,6-8,10-13H2,1H3,(H,22,23). The maximum absolute atomic E-state index is 13.1. The second-order valence-corrected chi connectivity index (χ2v) is 8.13. The van der Waals surface area contributed by atoms with Crippen molar-refractivity contribution in [1.29, 1.82) is 0 Å². The Labute approximate surface area is 139 Å². The lowest BCUT2D eigenvalue weighted by Gasteiger charge is -2.55. The van der Waals surface area contributed by atoms with Gasteiger partial charge in [0.05, 0.1) is 5.41 Å². The van der Waals surface area contributed by atoms with E-state index >= 15 is 0 Å². The van der Waals surface area contributed by atoms with Crippen molar-refractivity contribution in [1.82, 2.24) is 5.32 Å². The molecule has 0 spiro atoms. The van der Waals surface area contributed by atoms with Gasteiger partial charge >= 0.3 is 0 Å². The number of hydrogen-bond donors (Lipinski definition) is 2. The fraction of sp³-hybridized carbons (Fsp3) is 0.650. The van der Waals surface area contributed by atoms with Crippen molar-refractivity contribution in [2.75, 3.05) is 11.9 Å². The Kier molecular flexibility index (Phi) is 3.92. The average Bonchev–Trinajstić information content (AvgIpc) is 2.52. The molecule has 0 radical (unpaired) electrons. The smallest absolute Gasteiger partial charge is 0.230 e. The van der Waals surface area contributed by atoms with Crippen molar-refractivity contribution in [3.8, 4) is 0 Å². The predicted octanol–water partition coefficient (Wildman–Crippen LogP) is 3.95. The normalized spacial score (nSPS) is 34.6. The molecule has 0 saturated heterocycles. The summed E-state index contributed by atoms with van der Waals surface area (Å²) in [5.74, 6) is 2.73. The minimum atomic E-state index is -0.0631. The number of carbonyl (C=O) groups is 1. The van der Waals surface area contributed by atoms with Gasteiger partial charge in [-0.05, 0) is 80.5 Å². The molecule has 124 valence electrons. The summed E-state index contributed by atoms with van der Waals surface area (Å²) in [6.07, 6.45) is 7.52. The first-order chi connectivity index (χ1) is 11.2. The van der Waals surface area contributed by atoms with Gasteiger partial charge in [-0.3, -0.25) is 4.79 Å². The highest BCUT2D eigenvalue weighted by Crippen LogP contribution is 2.60. The second kappa shape index (κ2) is 5.94. The molecule has 2 N–H and O–H groups in total. The van der Waals surface area contributed by atoms with Crippen LogP contribution in [0.3, 0.4) is 0 Å². The third kappa shape index (κ3) is 2.91. The Hall–Kier alpha value is -1.35. The van der Waals surface area contributed by atoms with Crippen LogP contribution in [0.15, 0.2) is 24.3 Å². The van der Waals surface area contributed by atoms with Crippen molar-refractivity contribution in [3.05, 3.63) is 29.8 Å². The van der Waals surface area contributed by atoms with E-state index in [1.54, 1.807) is 0 Å². The van der Waals surface area contributed by atoms with E-state index in [0.29, 0.717) is 0 Å². The first-order valence-corrected chi connectivity index (χ1v) is 9.28. The van der Waals surface area contributed by atoms with E-state index in [4.69, 9.17) is 0 Å². The SMILES string of the molecule is CCNCc1cccc(NC(=O)C23CC4CC(CC(C4)C2)C3)c1. The Morgan fingerprint density at radius 2 is 1.78 bits per heavy atom. The second-order valence-electron chi connectivity index (χ2n) is 8.13. The van der Waals surface area contributed by atoms with Crippen LogP contribution in [0.25, 0.3) is 0 Å². The average molecular weight is 312 g/mol. The summed E-state index contributed by atoms with van der Waals surface area (Å²) < 4.78 is 0. The van der Waals surface area contributed by atoms with Crippen molar-refractivity contribution >= 4 is 11.6 Å². The van der Waals surface area contributed by atoms with Crippen LogP contribution in [0.5, 0.6) is 0 Å². The highest BCUT2D eigenvalue weighted by Gasteiger charge is 2.54. The number of hydrogen-bond acceptors (Lipinski definition) is 2. The van der Waals surface area contributed by atoms with E-state index in [-0.39, 0.29) is 11.3 Å². The minimum absolute atomic E-state index is 0.0631. The van der Waals surface area contributed by atoms with Gasteiger partial charge in [0.25, 0.3) is 0 Å². The van der Waals surface area contributed by atoms with Crippen molar-refractivity contribution in [2.45, 2.75) is 52.0 Å². The highest BCUT2D eigenvalue weighted by atomic mass is 16.2. The molecule has 4 aliphatic carbocycles. The van der Waals surface area contributed by atoms with Crippen LogP contribution >= 0.6 is 0 Å². The van der Waals surface area contributed by atoms with Gasteiger partial charge in [0.2, 0.25) is 5.91 Å². The predicted molar refractivity (Wildman–Crippen MR) is 93.1 cm³/mol. The Balaban J connectivity index is 1.48. The summed E-state index contributed by atoms with van der Waals surface area (Å²) >= 11 is 0. The number of rotatable bonds is 5. The molecule has 4 saturated carbocycles. The maximum atomic E-state index is 13.1. The lowest BCUT2D eigenvalue weighted by molar-refractivity contribution is -0.140. The molecule has 23 heavy (non-hydrogen) atoms.